The van der Waals surface area contributed by atoms with Crippen LogP contribution < -0.4 is 0 Å². The van der Waals surface area contributed by atoms with E-state index in [2.05, 4.69) is 6.08 Å². The second-order valence-electron chi connectivity index (χ2n) is 2.74. The quantitative estimate of drug-likeness (QED) is 0.527. The van der Waals surface area contributed by atoms with Crippen molar-refractivity contribution in [2.24, 2.45) is 0 Å². The Balaban J connectivity index is 2.60. The molecule has 12 heavy (non-hydrogen) atoms. The maximum atomic E-state index is 6.03. The largest absolute Gasteiger partial charge is 0.121 e. The third kappa shape index (κ3) is 3.46. The first-order valence-corrected chi connectivity index (χ1v) is 4.96. The summed E-state index contributed by atoms with van der Waals surface area (Å²) in [5.74, 6) is 0. The van der Waals surface area contributed by atoms with Crippen LogP contribution in [0.5, 0.6) is 0 Å². The molecule has 0 spiro atoms. The number of allylic oxidation sites excluding steroid dienone is 6. The summed E-state index contributed by atoms with van der Waals surface area (Å²) in [5.41, 5.74) is 0. The zero-order chi connectivity index (χ0) is 8.81. The van der Waals surface area contributed by atoms with Gasteiger partial charge in [-0.3, -0.25) is 0 Å². The lowest BCUT2D eigenvalue weighted by molar-refractivity contribution is 0.776. The van der Waals surface area contributed by atoms with Crippen LogP contribution in [0.1, 0.15) is 12.8 Å². The summed E-state index contributed by atoms with van der Waals surface area (Å²) in [6, 6.07) is 0. The molecule has 1 aliphatic carbocycles. The molecule has 0 amide bonds. The predicted molar refractivity (Wildman–Crippen MR) is 55.9 cm³/mol. The van der Waals surface area contributed by atoms with Gasteiger partial charge in [0, 0.05) is 0 Å². The van der Waals surface area contributed by atoms with Gasteiger partial charge in [-0.25, -0.2) is 0 Å². The van der Waals surface area contributed by atoms with Crippen LogP contribution in [0, 0.1) is 0 Å². The lowest BCUT2D eigenvalue weighted by Crippen LogP contribution is -2.11. The first kappa shape index (κ1) is 9.88. The third-order valence-corrected chi connectivity index (χ3v) is 2.79. The smallest absolute Gasteiger partial charge is 0.0682 e. The minimum Gasteiger partial charge on any atom is -0.121 e. The van der Waals surface area contributed by atoms with Crippen LogP contribution in [0.4, 0.5) is 0 Å². The van der Waals surface area contributed by atoms with E-state index in [9.17, 15) is 0 Å². The fraction of sp³-hybridized carbons (Fsp3) is 0.400. The third-order valence-electron chi connectivity index (χ3n) is 1.72. The molecule has 0 aromatic heterocycles. The van der Waals surface area contributed by atoms with Gasteiger partial charge in [0.2, 0.25) is 0 Å². The zero-order valence-electron chi connectivity index (χ0n) is 6.79. The highest BCUT2D eigenvalue weighted by Crippen LogP contribution is 2.17. The number of hydrogen-bond donors (Lipinski definition) is 0. The Bertz CT molecular complexity index is 204. The summed E-state index contributed by atoms with van der Waals surface area (Å²) in [7, 11) is 0. The van der Waals surface area contributed by atoms with Gasteiger partial charge in [0.15, 0.2) is 0 Å². The Hall–Kier alpha value is -0.200. The summed E-state index contributed by atoms with van der Waals surface area (Å²) in [5, 5.41) is -0.0121. The van der Waals surface area contributed by atoms with E-state index in [4.69, 9.17) is 23.2 Å². The van der Waals surface area contributed by atoms with Gasteiger partial charge < -0.3 is 0 Å². The van der Waals surface area contributed by atoms with Crippen molar-refractivity contribution in [3.63, 3.8) is 0 Å². The molecular formula is C10H12Cl2. The Morgan fingerprint density at radius 2 is 1.75 bits per heavy atom. The number of hydrogen-bond acceptors (Lipinski definition) is 0. The van der Waals surface area contributed by atoms with Crippen molar-refractivity contribution in [3.05, 3.63) is 36.5 Å². The average molecular weight is 203 g/mol. The van der Waals surface area contributed by atoms with Crippen molar-refractivity contribution in [1.29, 1.82) is 0 Å². The molecule has 0 bridgehead atoms. The second kappa shape index (κ2) is 5.45. The van der Waals surface area contributed by atoms with Crippen molar-refractivity contribution in [2.75, 3.05) is 0 Å². The lowest BCUT2D eigenvalue weighted by Gasteiger charge is -2.10. The Morgan fingerprint density at radius 3 is 2.58 bits per heavy atom. The molecule has 0 aromatic rings. The van der Waals surface area contributed by atoms with Crippen LogP contribution in [0.15, 0.2) is 36.5 Å². The second-order valence-corrected chi connectivity index (χ2v) is 3.80. The molecule has 0 heterocycles. The minimum atomic E-state index is -0.0529. The maximum absolute atomic E-state index is 6.03. The first-order valence-electron chi connectivity index (χ1n) is 4.09. The van der Waals surface area contributed by atoms with Gasteiger partial charge in [-0.2, -0.15) is 0 Å². The van der Waals surface area contributed by atoms with E-state index in [1.165, 1.54) is 0 Å². The van der Waals surface area contributed by atoms with Gasteiger partial charge in [0.25, 0.3) is 0 Å². The first-order chi connectivity index (χ1) is 5.80. The minimum absolute atomic E-state index is 0.0408. The standard InChI is InChI=1S/C10H12Cl2/c11-9-7-5-3-1-2-4-6-8-10(9)12/h1-5,7,9-10H,6,8H2/b3-1-,4-2+,7-5-/t9-,10-/m0/s1. The highest BCUT2D eigenvalue weighted by atomic mass is 35.5. The Morgan fingerprint density at radius 1 is 1.00 bits per heavy atom. The molecule has 0 radical (unpaired) electrons. The van der Waals surface area contributed by atoms with E-state index in [1.54, 1.807) is 0 Å². The molecule has 66 valence electrons. The summed E-state index contributed by atoms with van der Waals surface area (Å²) in [4.78, 5) is 0. The Labute approximate surface area is 83.6 Å². The van der Waals surface area contributed by atoms with E-state index < -0.39 is 0 Å². The highest BCUT2D eigenvalue weighted by molar-refractivity contribution is 6.30. The fourth-order valence-electron chi connectivity index (χ4n) is 1.01. The van der Waals surface area contributed by atoms with Crippen molar-refractivity contribution in [1.82, 2.24) is 0 Å². The van der Waals surface area contributed by atoms with Crippen LogP contribution in [0.25, 0.3) is 0 Å². The van der Waals surface area contributed by atoms with Gasteiger partial charge >= 0.3 is 0 Å². The molecule has 0 fully saturated rings. The molecule has 2 heteroatoms. The van der Waals surface area contributed by atoms with E-state index in [1.807, 2.05) is 30.4 Å². The molecule has 1 aliphatic rings. The number of alkyl halides is 2. The van der Waals surface area contributed by atoms with Crippen LogP contribution in [0.2, 0.25) is 0 Å². The van der Waals surface area contributed by atoms with Gasteiger partial charge in [0.1, 0.15) is 0 Å². The summed E-state index contributed by atoms with van der Waals surface area (Å²) >= 11 is 12.0. The zero-order valence-corrected chi connectivity index (χ0v) is 8.30. The van der Waals surface area contributed by atoms with E-state index in [0.717, 1.165) is 12.8 Å². The van der Waals surface area contributed by atoms with Crippen molar-refractivity contribution < 1.29 is 0 Å². The Kier molecular flexibility index (Phi) is 4.49. The molecule has 0 aromatic carbocycles. The van der Waals surface area contributed by atoms with E-state index in [0.29, 0.717) is 0 Å². The van der Waals surface area contributed by atoms with E-state index >= 15 is 0 Å². The molecule has 0 unspecified atom stereocenters. The van der Waals surface area contributed by atoms with Crippen molar-refractivity contribution in [2.45, 2.75) is 23.6 Å². The van der Waals surface area contributed by atoms with Crippen LogP contribution in [0.3, 0.4) is 0 Å². The van der Waals surface area contributed by atoms with Crippen LogP contribution in [-0.2, 0) is 0 Å². The SMILES string of the molecule is Cl[C@H]1\C=C/C=C\C=C\CC[C@@H]1Cl. The molecule has 0 saturated heterocycles. The van der Waals surface area contributed by atoms with Gasteiger partial charge in [0.05, 0.1) is 10.8 Å². The number of rotatable bonds is 0. The van der Waals surface area contributed by atoms with Crippen molar-refractivity contribution >= 4 is 23.2 Å². The predicted octanol–water partition coefficient (Wildman–Crippen LogP) is 3.66. The van der Waals surface area contributed by atoms with Gasteiger partial charge in [-0.05, 0) is 12.8 Å². The lowest BCUT2D eigenvalue weighted by atomic mass is 10.1. The molecule has 2 atom stereocenters. The molecule has 0 saturated carbocycles. The average Bonchev–Trinajstić information content (AvgIpc) is 2.08. The van der Waals surface area contributed by atoms with Crippen molar-refractivity contribution in [3.8, 4) is 0 Å². The van der Waals surface area contributed by atoms with Gasteiger partial charge in [-0.15, -0.1) is 23.2 Å². The summed E-state index contributed by atoms with van der Waals surface area (Å²) in [6.45, 7) is 0. The summed E-state index contributed by atoms with van der Waals surface area (Å²) in [6.07, 6.45) is 13.9. The molecular weight excluding hydrogens is 191 g/mol. The topological polar surface area (TPSA) is 0 Å². The molecule has 1 rings (SSSR count). The maximum Gasteiger partial charge on any atom is 0.0682 e. The van der Waals surface area contributed by atoms with Gasteiger partial charge in [-0.1, -0.05) is 36.5 Å². The fourth-order valence-corrected chi connectivity index (χ4v) is 1.43. The van der Waals surface area contributed by atoms with Crippen LogP contribution >= 0.6 is 23.2 Å². The monoisotopic (exact) mass is 202 g/mol. The summed E-state index contributed by atoms with van der Waals surface area (Å²) < 4.78 is 0. The number of halogens is 2. The van der Waals surface area contributed by atoms with E-state index in [-0.39, 0.29) is 10.8 Å². The molecule has 0 aliphatic heterocycles. The highest BCUT2D eigenvalue weighted by Gasteiger charge is 2.12. The normalized spacial score (nSPS) is 38.5. The van der Waals surface area contributed by atoms with Crippen LogP contribution in [-0.4, -0.2) is 10.8 Å². The molecule has 0 nitrogen and oxygen atoms in total. The molecule has 0 N–H and O–H groups in total.